The molecular formula is C22H11ClFN3O3S. The third kappa shape index (κ3) is 3.35. The number of rotatable bonds is 3. The van der Waals surface area contributed by atoms with Gasteiger partial charge in [0.1, 0.15) is 5.82 Å². The normalized spacial score (nSPS) is 13.0. The molecule has 1 N–H and O–H groups in total. The smallest absolute Gasteiger partial charge is 0.266 e. The van der Waals surface area contributed by atoms with E-state index >= 15 is 0 Å². The Hall–Kier alpha value is -3.62. The first-order valence-corrected chi connectivity index (χ1v) is 10.3. The quantitative estimate of drug-likeness (QED) is 0.437. The highest BCUT2D eigenvalue weighted by molar-refractivity contribution is 7.22. The molecule has 0 unspecified atom stereocenters. The summed E-state index contributed by atoms with van der Waals surface area (Å²) in [6.45, 7) is 0. The molecule has 0 spiro atoms. The van der Waals surface area contributed by atoms with Gasteiger partial charge in [0.05, 0.1) is 27.0 Å². The monoisotopic (exact) mass is 451 g/mol. The molecule has 9 heteroatoms. The van der Waals surface area contributed by atoms with Crippen LogP contribution in [-0.2, 0) is 0 Å². The van der Waals surface area contributed by atoms with E-state index in [1.165, 1.54) is 53.8 Å². The first kappa shape index (κ1) is 19.3. The minimum absolute atomic E-state index is 0.109. The van der Waals surface area contributed by atoms with Crippen molar-refractivity contribution in [2.75, 3.05) is 10.2 Å². The second-order valence-corrected chi connectivity index (χ2v) is 8.23. The van der Waals surface area contributed by atoms with Gasteiger partial charge in [-0.05, 0) is 60.7 Å². The SMILES string of the molecule is O=C(Nc1nc2ccc(Cl)cc2s1)c1ccc2c(c1)C(=O)N(c1ccc(F)cc1)C2=O. The first-order valence-electron chi connectivity index (χ1n) is 9.06. The highest BCUT2D eigenvalue weighted by Gasteiger charge is 2.37. The number of amides is 3. The van der Waals surface area contributed by atoms with Gasteiger partial charge in [-0.2, -0.15) is 0 Å². The van der Waals surface area contributed by atoms with Crippen molar-refractivity contribution in [1.29, 1.82) is 0 Å². The molecule has 152 valence electrons. The Labute approximate surface area is 183 Å². The Balaban J connectivity index is 1.42. The van der Waals surface area contributed by atoms with Gasteiger partial charge in [-0.3, -0.25) is 19.7 Å². The molecule has 0 aliphatic carbocycles. The van der Waals surface area contributed by atoms with E-state index in [0.29, 0.717) is 15.7 Å². The number of carbonyl (C=O) groups excluding carboxylic acids is 3. The number of carbonyl (C=O) groups is 3. The number of anilines is 2. The van der Waals surface area contributed by atoms with Crippen LogP contribution in [0.4, 0.5) is 15.2 Å². The fourth-order valence-electron chi connectivity index (χ4n) is 3.33. The van der Waals surface area contributed by atoms with Gasteiger partial charge >= 0.3 is 0 Å². The second kappa shape index (κ2) is 7.26. The molecule has 0 saturated carbocycles. The van der Waals surface area contributed by atoms with Crippen LogP contribution in [0.5, 0.6) is 0 Å². The topological polar surface area (TPSA) is 79.4 Å². The number of nitrogens with zero attached hydrogens (tertiary/aromatic N) is 2. The first-order chi connectivity index (χ1) is 14.9. The van der Waals surface area contributed by atoms with Crippen molar-refractivity contribution in [3.05, 3.63) is 88.2 Å². The number of fused-ring (bicyclic) bond motifs is 2. The highest BCUT2D eigenvalue weighted by atomic mass is 35.5. The van der Waals surface area contributed by atoms with E-state index in [-0.39, 0.29) is 22.4 Å². The lowest BCUT2D eigenvalue weighted by molar-refractivity contribution is 0.0925. The van der Waals surface area contributed by atoms with Gasteiger partial charge in [-0.25, -0.2) is 14.3 Å². The lowest BCUT2D eigenvalue weighted by atomic mass is 10.1. The van der Waals surface area contributed by atoms with E-state index < -0.39 is 23.5 Å². The van der Waals surface area contributed by atoms with Crippen molar-refractivity contribution >= 4 is 61.7 Å². The van der Waals surface area contributed by atoms with Crippen molar-refractivity contribution < 1.29 is 18.8 Å². The third-order valence-electron chi connectivity index (χ3n) is 4.80. The number of thiazole rings is 1. The van der Waals surface area contributed by atoms with Crippen LogP contribution in [0.3, 0.4) is 0 Å². The van der Waals surface area contributed by atoms with Gasteiger partial charge < -0.3 is 0 Å². The number of hydrogen-bond acceptors (Lipinski definition) is 5. The van der Waals surface area contributed by atoms with Crippen LogP contribution in [0.2, 0.25) is 5.02 Å². The maximum absolute atomic E-state index is 13.2. The summed E-state index contributed by atoms with van der Waals surface area (Å²) in [6, 6.07) is 14.6. The zero-order valence-corrected chi connectivity index (χ0v) is 17.1. The predicted molar refractivity (Wildman–Crippen MR) is 117 cm³/mol. The van der Waals surface area contributed by atoms with Crippen LogP contribution in [-0.4, -0.2) is 22.7 Å². The van der Waals surface area contributed by atoms with Crippen molar-refractivity contribution in [3.8, 4) is 0 Å². The van der Waals surface area contributed by atoms with Gasteiger partial charge in [0, 0.05) is 10.6 Å². The van der Waals surface area contributed by atoms with Gasteiger partial charge in [-0.15, -0.1) is 0 Å². The largest absolute Gasteiger partial charge is 0.298 e. The summed E-state index contributed by atoms with van der Waals surface area (Å²) >= 11 is 7.25. The number of halogens is 2. The van der Waals surface area contributed by atoms with E-state index in [1.807, 2.05) is 0 Å². The van der Waals surface area contributed by atoms with E-state index in [0.717, 1.165) is 9.60 Å². The number of hydrogen-bond donors (Lipinski definition) is 1. The van der Waals surface area contributed by atoms with Crippen LogP contribution < -0.4 is 10.2 Å². The van der Waals surface area contributed by atoms with Crippen LogP contribution in [0.25, 0.3) is 10.2 Å². The molecule has 0 saturated heterocycles. The number of imide groups is 1. The highest BCUT2D eigenvalue weighted by Crippen LogP contribution is 2.31. The minimum atomic E-state index is -0.573. The van der Waals surface area contributed by atoms with Gasteiger partial charge in [0.25, 0.3) is 17.7 Å². The number of nitrogens with one attached hydrogen (secondary N) is 1. The molecule has 31 heavy (non-hydrogen) atoms. The molecule has 4 aromatic rings. The lowest BCUT2D eigenvalue weighted by Crippen LogP contribution is -2.29. The van der Waals surface area contributed by atoms with Crippen LogP contribution in [0.15, 0.2) is 60.7 Å². The average molecular weight is 452 g/mol. The van der Waals surface area contributed by atoms with Crippen molar-refractivity contribution in [2.24, 2.45) is 0 Å². The molecule has 3 aromatic carbocycles. The summed E-state index contributed by atoms with van der Waals surface area (Å²) in [5.74, 6) is -2.04. The Morgan fingerprint density at radius 2 is 1.71 bits per heavy atom. The summed E-state index contributed by atoms with van der Waals surface area (Å²) in [5, 5.41) is 3.67. The van der Waals surface area contributed by atoms with Gasteiger partial charge in [0.15, 0.2) is 5.13 Å². The van der Waals surface area contributed by atoms with E-state index in [1.54, 1.807) is 18.2 Å². The molecule has 6 nitrogen and oxygen atoms in total. The van der Waals surface area contributed by atoms with E-state index in [4.69, 9.17) is 11.6 Å². The van der Waals surface area contributed by atoms with Crippen molar-refractivity contribution in [3.63, 3.8) is 0 Å². The lowest BCUT2D eigenvalue weighted by Gasteiger charge is -2.13. The zero-order valence-electron chi connectivity index (χ0n) is 15.6. The molecule has 2 heterocycles. The van der Waals surface area contributed by atoms with Crippen molar-refractivity contribution in [2.45, 2.75) is 0 Å². The summed E-state index contributed by atoms with van der Waals surface area (Å²) in [7, 11) is 0. The van der Waals surface area contributed by atoms with Gasteiger partial charge in [-0.1, -0.05) is 22.9 Å². The molecule has 0 bridgehead atoms. The van der Waals surface area contributed by atoms with Crippen molar-refractivity contribution in [1.82, 2.24) is 4.98 Å². The van der Waals surface area contributed by atoms with Crippen LogP contribution in [0, 0.1) is 5.82 Å². The van der Waals surface area contributed by atoms with E-state index in [9.17, 15) is 18.8 Å². The third-order valence-corrected chi connectivity index (χ3v) is 5.97. The molecule has 3 amide bonds. The van der Waals surface area contributed by atoms with Crippen LogP contribution >= 0.6 is 22.9 Å². The molecule has 1 aliphatic heterocycles. The maximum Gasteiger partial charge on any atom is 0.266 e. The maximum atomic E-state index is 13.2. The van der Waals surface area contributed by atoms with Gasteiger partial charge in [0.2, 0.25) is 0 Å². The number of aromatic nitrogens is 1. The average Bonchev–Trinajstić information content (AvgIpc) is 3.26. The Kier molecular flexibility index (Phi) is 4.53. The standard InChI is InChI=1S/C22H11ClFN3O3S/c23-12-2-8-17-18(10-12)31-22(25-17)26-19(28)11-1-7-15-16(9-11)21(30)27(20(15)29)14-5-3-13(24)4-6-14/h1-10H,(H,25,26,28). The molecule has 0 radical (unpaired) electrons. The Morgan fingerprint density at radius 1 is 0.968 bits per heavy atom. The Bertz CT molecular complexity index is 1400. The predicted octanol–water partition coefficient (Wildman–Crippen LogP) is 5.14. The number of benzene rings is 3. The fourth-order valence-corrected chi connectivity index (χ4v) is 4.46. The summed E-state index contributed by atoms with van der Waals surface area (Å²) in [6.07, 6.45) is 0. The minimum Gasteiger partial charge on any atom is -0.298 e. The summed E-state index contributed by atoms with van der Waals surface area (Å²) in [5.41, 5.74) is 1.46. The molecule has 1 aliphatic rings. The molecular weight excluding hydrogens is 441 g/mol. The van der Waals surface area contributed by atoms with E-state index in [2.05, 4.69) is 10.3 Å². The summed E-state index contributed by atoms with van der Waals surface area (Å²) in [4.78, 5) is 43.5. The van der Waals surface area contributed by atoms with Crippen LogP contribution in [0.1, 0.15) is 31.1 Å². The zero-order chi connectivity index (χ0) is 21.7. The molecule has 0 atom stereocenters. The molecule has 5 rings (SSSR count). The summed E-state index contributed by atoms with van der Waals surface area (Å²) < 4.78 is 14.0. The fraction of sp³-hybridized carbons (Fsp3) is 0. The molecule has 1 aromatic heterocycles. The Morgan fingerprint density at radius 3 is 2.48 bits per heavy atom. The second-order valence-electron chi connectivity index (χ2n) is 6.77. The molecule has 0 fully saturated rings.